The minimum absolute atomic E-state index is 0.454. The molecule has 0 atom stereocenters. The Morgan fingerprint density at radius 1 is 1.24 bits per heavy atom. The summed E-state index contributed by atoms with van der Waals surface area (Å²) in [5.74, 6) is 0.553. The maximum atomic E-state index is 6.24. The number of methoxy groups -OCH3 is 1. The Bertz CT molecular complexity index is 635. The van der Waals surface area contributed by atoms with Crippen molar-refractivity contribution < 1.29 is 4.74 Å². The summed E-state index contributed by atoms with van der Waals surface area (Å²) in [4.78, 5) is 4.11. The average molecular weight is 322 g/mol. The van der Waals surface area contributed by atoms with Crippen LogP contribution in [-0.2, 0) is 0 Å². The number of aryl methyl sites for hydroxylation is 2. The number of halogens is 1. The molecule has 2 rings (SSSR count). The molecule has 0 unspecified atom stereocenters. The molecule has 21 heavy (non-hydrogen) atoms. The molecule has 1 aromatic heterocycles. The second-order valence-corrected chi connectivity index (χ2v) is 5.42. The minimum atomic E-state index is 0.454. The first-order valence-corrected chi connectivity index (χ1v) is 7.13. The van der Waals surface area contributed by atoms with Gasteiger partial charge in [0.2, 0.25) is 5.88 Å². The monoisotopic (exact) mass is 321 g/mol. The molecule has 0 saturated carbocycles. The zero-order valence-electron chi connectivity index (χ0n) is 12.0. The fraction of sp³-hybridized carbons (Fsp3) is 0.200. The van der Waals surface area contributed by atoms with Crippen LogP contribution >= 0.6 is 23.8 Å². The number of pyridine rings is 1. The van der Waals surface area contributed by atoms with E-state index >= 15 is 0 Å². The highest BCUT2D eigenvalue weighted by atomic mass is 35.5. The smallest absolute Gasteiger partial charge is 0.213 e. The molecule has 0 bridgehead atoms. The van der Waals surface area contributed by atoms with Gasteiger partial charge in [-0.1, -0.05) is 17.7 Å². The zero-order valence-corrected chi connectivity index (χ0v) is 13.6. The van der Waals surface area contributed by atoms with Crippen LogP contribution in [0.3, 0.4) is 0 Å². The molecule has 0 aliphatic carbocycles. The van der Waals surface area contributed by atoms with E-state index in [0.717, 1.165) is 22.5 Å². The van der Waals surface area contributed by atoms with E-state index < -0.39 is 0 Å². The van der Waals surface area contributed by atoms with Crippen molar-refractivity contribution in [2.45, 2.75) is 13.8 Å². The molecule has 0 spiro atoms. The normalized spacial score (nSPS) is 10.1. The molecule has 0 fully saturated rings. The SMILES string of the molecule is COc1ccc(NC(=S)Nc2c(C)cc(C)cc2Cl)cn1. The van der Waals surface area contributed by atoms with E-state index in [1.807, 2.05) is 32.0 Å². The van der Waals surface area contributed by atoms with Crippen molar-refractivity contribution in [3.63, 3.8) is 0 Å². The second kappa shape index (κ2) is 6.74. The molecule has 0 radical (unpaired) electrons. The predicted octanol–water partition coefficient (Wildman–Crippen LogP) is 4.17. The summed E-state index contributed by atoms with van der Waals surface area (Å²) < 4.78 is 5.01. The predicted molar refractivity (Wildman–Crippen MR) is 91.6 cm³/mol. The van der Waals surface area contributed by atoms with Crippen molar-refractivity contribution in [1.29, 1.82) is 0 Å². The number of rotatable bonds is 3. The van der Waals surface area contributed by atoms with Gasteiger partial charge in [0.1, 0.15) is 0 Å². The van der Waals surface area contributed by atoms with Gasteiger partial charge in [-0.05, 0) is 49.3 Å². The van der Waals surface area contributed by atoms with Gasteiger partial charge in [0, 0.05) is 6.07 Å². The Kier molecular flexibility index (Phi) is 4.98. The Morgan fingerprint density at radius 2 is 2.00 bits per heavy atom. The molecular formula is C15H16ClN3OS. The third-order valence-corrected chi connectivity index (χ3v) is 3.38. The summed E-state index contributed by atoms with van der Waals surface area (Å²) in [5, 5.41) is 7.26. The first-order valence-electron chi connectivity index (χ1n) is 6.34. The van der Waals surface area contributed by atoms with Crippen LogP contribution in [0.25, 0.3) is 0 Å². The second-order valence-electron chi connectivity index (χ2n) is 4.61. The lowest BCUT2D eigenvalue weighted by Gasteiger charge is -2.14. The molecule has 2 N–H and O–H groups in total. The van der Waals surface area contributed by atoms with Crippen LogP contribution in [-0.4, -0.2) is 17.2 Å². The van der Waals surface area contributed by atoms with Crippen molar-refractivity contribution in [2.24, 2.45) is 0 Å². The summed E-state index contributed by atoms with van der Waals surface area (Å²) >= 11 is 11.5. The maximum Gasteiger partial charge on any atom is 0.213 e. The van der Waals surface area contributed by atoms with Crippen LogP contribution in [0.4, 0.5) is 11.4 Å². The van der Waals surface area contributed by atoms with E-state index in [1.54, 1.807) is 19.4 Å². The highest BCUT2D eigenvalue weighted by Crippen LogP contribution is 2.27. The van der Waals surface area contributed by atoms with Crippen molar-refractivity contribution in [3.05, 3.63) is 46.6 Å². The van der Waals surface area contributed by atoms with Gasteiger partial charge in [-0.15, -0.1) is 0 Å². The lowest BCUT2D eigenvalue weighted by molar-refractivity contribution is 0.398. The van der Waals surface area contributed by atoms with Crippen LogP contribution < -0.4 is 15.4 Å². The van der Waals surface area contributed by atoms with Crippen LogP contribution in [0.15, 0.2) is 30.5 Å². The van der Waals surface area contributed by atoms with Crippen molar-refractivity contribution in [3.8, 4) is 5.88 Å². The maximum absolute atomic E-state index is 6.24. The lowest BCUT2D eigenvalue weighted by Crippen LogP contribution is -2.20. The van der Waals surface area contributed by atoms with E-state index in [0.29, 0.717) is 16.0 Å². The van der Waals surface area contributed by atoms with E-state index in [-0.39, 0.29) is 0 Å². The van der Waals surface area contributed by atoms with Crippen LogP contribution in [0.5, 0.6) is 5.88 Å². The van der Waals surface area contributed by atoms with E-state index in [1.165, 1.54) is 0 Å². The number of hydrogen-bond donors (Lipinski definition) is 2. The van der Waals surface area contributed by atoms with Gasteiger partial charge < -0.3 is 15.4 Å². The number of ether oxygens (including phenoxy) is 1. The Balaban J connectivity index is 2.08. The van der Waals surface area contributed by atoms with Gasteiger partial charge in [-0.25, -0.2) is 4.98 Å². The number of thiocarbonyl (C=S) groups is 1. The molecule has 0 aliphatic heterocycles. The molecule has 0 aliphatic rings. The zero-order chi connectivity index (χ0) is 15.4. The highest BCUT2D eigenvalue weighted by Gasteiger charge is 2.07. The van der Waals surface area contributed by atoms with Gasteiger partial charge in [-0.3, -0.25) is 0 Å². The molecular weight excluding hydrogens is 306 g/mol. The summed E-state index contributed by atoms with van der Waals surface area (Å²) in [5.41, 5.74) is 3.73. The fourth-order valence-electron chi connectivity index (χ4n) is 1.92. The van der Waals surface area contributed by atoms with Gasteiger partial charge in [0.15, 0.2) is 5.11 Å². The Hall–Kier alpha value is -1.85. The summed E-state index contributed by atoms with van der Waals surface area (Å²) in [6, 6.07) is 7.54. The number of aromatic nitrogens is 1. The molecule has 1 heterocycles. The summed E-state index contributed by atoms with van der Waals surface area (Å²) in [7, 11) is 1.57. The van der Waals surface area contributed by atoms with Gasteiger partial charge in [0.05, 0.1) is 29.7 Å². The topological polar surface area (TPSA) is 46.2 Å². The van der Waals surface area contributed by atoms with Gasteiger partial charge in [0.25, 0.3) is 0 Å². The van der Waals surface area contributed by atoms with E-state index in [9.17, 15) is 0 Å². The molecule has 1 aromatic carbocycles. The standard InChI is InChI=1S/C15H16ClN3OS/c1-9-6-10(2)14(12(16)7-9)19-15(21)18-11-4-5-13(20-3)17-8-11/h4-8H,1-3H3,(H2,18,19,21). The number of hydrogen-bond acceptors (Lipinski definition) is 3. The molecule has 0 amide bonds. The van der Waals surface area contributed by atoms with E-state index in [2.05, 4.69) is 15.6 Å². The number of benzene rings is 1. The molecule has 6 heteroatoms. The van der Waals surface area contributed by atoms with Crippen LogP contribution in [0.1, 0.15) is 11.1 Å². The van der Waals surface area contributed by atoms with Crippen molar-refractivity contribution >= 4 is 40.3 Å². The number of nitrogens with one attached hydrogen (secondary N) is 2. The third-order valence-electron chi connectivity index (χ3n) is 2.87. The number of anilines is 2. The molecule has 4 nitrogen and oxygen atoms in total. The highest BCUT2D eigenvalue weighted by molar-refractivity contribution is 7.80. The fourth-order valence-corrected chi connectivity index (χ4v) is 2.51. The van der Waals surface area contributed by atoms with Gasteiger partial charge in [-0.2, -0.15) is 0 Å². The molecule has 2 aromatic rings. The first kappa shape index (κ1) is 15.5. The largest absolute Gasteiger partial charge is 0.481 e. The third kappa shape index (κ3) is 4.06. The van der Waals surface area contributed by atoms with Crippen LogP contribution in [0.2, 0.25) is 5.02 Å². The van der Waals surface area contributed by atoms with E-state index in [4.69, 9.17) is 28.6 Å². The quantitative estimate of drug-likeness (QED) is 0.831. The summed E-state index contributed by atoms with van der Waals surface area (Å²) in [6.07, 6.45) is 1.65. The summed E-state index contributed by atoms with van der Waals surface area (Å²) in [6.45, 7) is 3.99. The van der Waals surface area contributed by atoms with Gasteiger partial charge >= 0.3 is 0 Å². The van der Waals surface area contributed by atoms with Crippen molar-refractivity contribution in [2.75, 3.05) is 17.7 Å². The minimum Gasteiger partial charge on any atom is -0.481 e. The average Bonchev–Trinajstić information content (AvgIpc) is 2.43. The van der Waals surface area contributed by atoms with Crippen molar-refractivity contribution in [1.82, 2.24) is 4.98 Å². The van der Waals surface area contributed by atoms with Crippen LogP contribution in [0, 0.1) is 13.8 Å². The Morgan fingerprint density at radius 3 is 2.57 bits per heavy atom. The lowest BCUT2D eigenvalue weighted by atomic mass is 10.1. The first-order chi connectivity index (χ1) is 9.99. The Labute approximate surface area is 134 Å². The molecule has 0 saturated heterocycles. The number of nitrogens with zero attached hydrogens (tertiary/aromatic N) is 1. The molecule has 110 valence electrons.